The zero-order valence-electron chi connectivity index (χ0n) is 9.54. The molecule has 0 aromatic heterocycles. The molecule has 0 aromatic rings. The van der Waals surface area contributed by atoms with Gasteiger partial charge >= 0.3 is 0 Å². The van der Waals surface area contributed by atoms with Crippen LogP contribution in [0.1, 0.15) is 45.4 Å². The van der Waals surface area contributed by atoms with E-state index in [-0.39, 0.29) is 5.91 Å². The second kappa shape index (κ2) is 4.12. The van der Waals surface area contributed by atoms with Crippen LogP contribution in [0.5, 0.6) is 0 Å². The summed E-state index contributed by atoms with van der Waals surface area (Å²) >= 11 is 0. The molecule has 86 valence electrons. The monoisotopic (exact) mass is 211 g/mol. The molecule has 0 spiro atoms. The van der Waals surface area contributed by atoms with Gasteiger partial charge in [0, 0.05) is 19.5 Å². The van der Waals surface area contributed by atoms with E-state index in [0.717, 1.165) is 44.6 Å². The van der Waals surface area contributed by atoms with E-state index in [1.165, 1.54) is 0 Å². The highest BCUT2D eigenvalue weighted by atomic mass is 16.3. The molecule has 1 amide bonds. The van der Waals surface area contributed by atoms with Crippen molar-refractivity contribution in [2.45, 2.75) is 51.0 Å². The Morgan fingerprint density at radius 3 is 2.67 bits per heavy atom. The molecule has 2 fully saturated rings. The minimum atomic E-state index is -0.591. The van der Waals surface area contributed by atoms with Crippen LogP contribution in [-0.2, 0) is 4.79 Å². The number of hydrogen-bond acceptors (Lipinski definition) is 2. The average Bonchev–Trinajstić information content (AvgIpc) is 2.58. The van der Waals surface area contributed by atoms with Crippen molar-refractivity contribution in [3.63, 3.8) is 0 Å². The highest BCUT2D eigenvalue weighted by Gasteiger charge is 2.35. The summed E-state index contributed by atoms with van der Waals surface area (Å²) in [6.45, 7) is 3.65. The largest absolute Gasteiger partial charge is 0.388 e. The molecule has 1 N–H and O–H groups in total. The SMILES string of the molecule is CC1CCC(O)(CN2CCCC2=O)CC1. The molecular weight excluding hydrogens is 190 g/mol. The molecule has 3 heteroatoms. The van der Waals surface area contributed by atoms with Crippen molar-refractivity contribution in [3.05, 3.63) is 0 Å². The summed E-state index contributed by atoms with van der Waals surface area (Å²) in [6.07, 6.45) is 5.55. The maximum atomic E-state index is 11.5. The maximum Gasteiger partial charge on any atom is 0.222 e. The van der Waals surface area contributed by atoms with Crippen LogP contribution >= 0.6 is 0 Å². The Morgan fingerprint density at radius 2 is 2.13 bits per heavy atom. The van der Waals surface area contributed by atoms with Gasteiger partial charge in [-0.15, -0.1) is 0 Å². The standard InChI is InChI=1S/C12H21NO2/c1-10-4-6-12(15,7-5-10)9-13-8-2-3-11(13)14/h10,15H,2-9H2,1H3. The van der Waals surface area contributed by atoms with E-state index < -0.39 is 5.60 Å². The maximum absolute atomic E-state index is 11.5. The second-order valence-corrected chi connectivity index (χ2v) is 5.33. The molecule has 1 saturated heterocycles. The number of nitrogens with zero attached hydrogens (tertiary/aromatic N) is 1. The molecule has 1 aliphatic carbocycles. The van der Waals surface area contributed by atoms with Crippen molar-refractivity contribution >= 4 is 5.91 Å². The molecule has 3 nitrogen and oxygen atoms in total. The molecular formula is C12H21NO2. The number of rotatable bonds is 2. The zero-order valence-corrected chi connectivity index (χ0v) is 9.54. The van der Waals surface area contributed by atoms with Gasteiger partial charge in [0.15, 0.2) is 0 Å². The first-order valence-corrected chi connectivity index (χ1v) is 6.09. The number of aliphatic hydroxyl groups is 1. The van der Waals surface area contributed by atoms with Gasteiger partial charge in [0.05, 0.1) is 5.60 Å². The Labute approximate surface area is 91.5 Å². The van der Waals surface area contributed by atoms with Crippen molar-refractivity contribution in [1.29, 1.82) is 0 Å². The Balaban J connectivity index is 1.90. The van der Waals surface area contributed by atoms with Gasteiger partial charge in [-0.25, -0.2) is 0 Å². The lowest BCUT2D eigenvalue weighted by Gasteiger charge is -2.37. The van der Waals surface area contributed by atoms with Gasteiger partial charge in [0.1, 0.15) is 0 Å². The number of carbonyl (C=O) groups is 1. The second-order valence-electron chi connectivity index (χ2n) is 5.33. The normalized spacial score (nSPS) is 37.3. The Kier molecular flexibility index (Phi) is 3.01. The van der Waals surface area contributed by atoms with Crippen LogP contribution in [0.2, 0.25) is 0 Å². The number of β-amino-alcohol motifs (C(OH)–C–C–N with tert-alkyl or cyclic N) is 1. The summed E-state index contributed by atoms with van der Waals surface area (Å²) < 4.78 is 0. The van der Waals surface area contributed by atoms with Gasteiger partial charge in [-0.2, -0.15) is 0 Å². The van der Waals surface area contributed by atoms with Crippen molar-refractivity contribution in [2.24, 2.45) is 5.92 Å². The summed E-state index contributed by atoms with van der Waals surface area (Å²) in [5.74, 6) is 0.960. The third-order valence-electron chi connectivity index (χ3n) is 3.86. The Morgan fingerprint density at radius 1 is 1.47 bits per heavy atom. The van der Waals surface area contributed by atoms with Gasteiger partial charge < -0.3 is 10.0 Å². The van der Waals surface area contributed by atoms with Crippen LogP contribution in [0.15, 0.2) is 0 Å². The van der Waals surface area contributed by atoms with E-state index in [2.05, 4.69) is 6.92 Å². The highest BCUT2D eigenvalue weighted by Crippen LogP contribution is 2.33. The van der Waals surface area contributed by atoms with Gasteiger partial charge in [-0.05, 0) is 38.0 Å². The summed E-state index contributed by atoms with van der Waals surface area (Å²) in [5.41, 5.74) is -0.591. The zero-order chi connectivity index (χ0) is 10.9. The Hall–Kier alpha value is -0.570. The summed E-state index contributed by atoms with van der Waals surface area (Å²) in [6, 6.07) is 0. The number of likely N-dealkylation sites (tertiary alicyclic amines) is 1. The van der Waals surface area contributed by atoms with E-state index in [4.69, 9.17) is 0 Å². The lowest BCUT2D eigenvalue weighted by atomic mass is 9.79. The first-order chi connectivity index (χ1) is 7.09. The van der Waals surface area contributed by atoms with Crippen molar-refractivity contribution in [2.75, 3.05) is 13.1 Å². The fourth-order valence-electron chi connectivity index (χ4n) is 2.68. The number of hydrogen-bond donors (Lipinski definition) is 1. The van der Waals surface area contributed by atoms with E-state index in [1.54, 1.807) is 0 Å². The molecule has 1 aliphatic heterocycles. The smallest absolute Gasteiger partial charge is 0.222 e. The third kappa shape index (κ3) is 2.51. The van der Waals surface area contributed by atoms with Gasteiger partial charge in [-0.3, -0.25) is 4.79 Å². The van der Waals surface area contributed by atoms with Crippen molar-refractivity contribution in [1.82, 2.24) is 4.90 Å². The van der Waals surface area contributed by atoms with E-state index >= 15 is 0 Å². The van der Waals surface area contributed by atoms with Crippen LogP contribution in [0, 0.1) is 5.92 Å². The first kappa shape index (κ1) is 10.9. The summed E-state index contributed by atoms with van der Waals surface area (Å²) in [4.78, 5) is 13.3. The predicted octanol–water partition coefficient (Wildman–Crippen LogP) is 1.55. The fraction of sp³-hybridized carbons (Fsp3) is 0.917. The average molecular weight is 211 g/mol. The molecule has 0 bridgehead atoms. The molecule has 0 atom stereocenters. The summed E-state index contributed by atoms with van der Waals surface area (Å²) in [5, 5.41) is 10.4. The molecule has 0 unspecified atom stereocenters. The first-order valence-electron chi connectivity index (χ1n) is 6.09. The van der Waals surface area contributed by atoms with Crippen molar-refractivity contribution < 1.29 is 9.90 Å². The quantitative estimate of drug-likeness (QED) is 0.753. The number of amides is 1. The number of carbonyl (C=O) groups excluding carboxylic acids is 1. The molecule has 0 aromatic carbocycles. The van der Waals surface area contributed by atoms with E-state index in [0.29, 0.717) is 13.0 Å². The molecule has 2 rings (SSSR count). The minimum Gasteiger partial charge on any atom is -0.388 e. The fourth-order valence-corrected chi connectivity index (χ4v) is 2.68. The van der Waals surface area contributed by atoms with Crippen LogP contribution in [-0.4, -0.2) is 34.6 Å². The predicted molar refractivity (Wildman–Crippen MR) is 58.4 cm³/mol. The van der Waals surface area contributed by atoms with Gasteiger partial charge in [0.25, 0.3) is 0 Å². The van der Waals surface area contributed by atoms with Gasteiger partial charge in [0.2, 0.25) is 5.91 Å². The van der Waals surface area contributed by atoms with Crippen LogP contribution in [0.3, 0.4) is 0 Å². The Bertz CT molecular complexity index is 244. The molecule has 0 radical (unpaired) electrons. The lowest BCUT2D eigenvalue weighted by Crippen LogP contribution is -2.45. The topological polar surface area (TPSA) is 40.5 Å². The van der Waals surface area contributed by atoms with Crippen LogP contribution in [0.25, 0.3) is 0 Å². The highest BCUT2D eigenvalue weighted by molar-refractivity contribution is 5.78. The van der Waals surface area contributed by atoms with Crippen LogP contribution in [0.4, 0.5) is 0 Å². The molecule has 2 aliphatic rings. The lowest BCUT2D eigenvalue weighted by molar-refractivity contribution is -0.132. The van der Waals surface area contributed by atoms with E-state index in [1.807, 2.05) is 4.90 Å². The molecule has 1 saturated carbocycles. The minimum absolute atomic E-state index is 0.224. The van der Waals surface area contributed by atoms with Gasteiger partial charge in [-0.1, -0.05) is 6.92 Å². The van der Waals surface area contributed by atoms with Crippen molar-refractivity contribution in [3.8, 4) is 0 Å². The van der Waals surface area contributed by atoms with Crippen LogP contribution < -0.4 is 0 Å². The third-order valence-corrected chi connectivity index (χ3v) is 3.86. The molecule has 15 heavy (non-hydrogen) atoms. The summed E-state index contributed by atoms with van der Waals surface area (Å²) in [7, 11) is 0. The van der Waals surface area contributed by atoms with E-state index in [9.17, 15) is 9.90 Å². The molecule has 1 heterocycles.